The quantitative estimate of drug-likeness (QED) is 0.884. The van der Waals surface area contributed by atoms with Crippen LogP contribution in [0.4, 0.5) is 5.69 Å². The summed E-state index contributed by atoms with van der Waals surface area (Å²) in [5.41, 5.74) is 6.47. The first-order chi connectivity index (χ1) is 10.5. The Morgan fingerprint density at radius 3 is 2.23 bits per heavy atom. The number of nitrogens with one attached hydrogen (secondary N) is 1. The van der Waals surface area contributed by atoms with Gasteiger partial charge in [0.1, 0.15) is 11.5 Å². The zero-order chi connectivity index (χ0) is 16.1. The monoisotopic (exact) mass is 300 g/mol. The molecular weight excluding hydrogens is 284 g/mol. The molecule has 0 atom stereocenters. The molecule has 0 fully saturated rings. The minimum absolute atomic E-state index is 0.327. The molecule has 6 heteroatoms. The molecule has 0 unspecified atom stereocenters. The summed E-state index contributed by atoms with van der Waals surface area (Å²) >= 11 is 0. The van der Waals surface area contributed by atoms with Crippen LogP contribution in [0.2, 0.25) is 0 Å². The summed E-state index contributed by atoms with van der Waals surface area (Å²) in [4.78, 5) is 23.3. The number of primary amides is 1. The van der Waals surface area contributed by atoms with Crippen molar-refractivity contribution in [2.45, 2.75) is 0 Å². The van der Waals surface area contributed by atoms with Crippen molar-refractivity contribution < 1.29 is 19.1 Å². The Balaban J connectivity index is 2.20. The third kappa shape index (κ3) is 3.35. The van der Waals surface area contributed by atoms with Crippen LogP contribution in [-0.2, 0) is 0 Å². The van der Waals surface area contributed by atoms with Crippen molar-refractivity contribution in [1.29, 1.82) is 0 Å². The molecule has 2 aromatic rings. The van der Waals surface area contributed by atoms with Crippen molar-refractivity contribution >= 4 is 17.5 Å². The number of carbonyl (C=O) groups is 2. The number of hydrogen-bond acceptors (Lipinski definition) is 4. The molecule has 2 rings (SSSR count). The normalized spacial score (nSPS) is 9.91. The van der Waals surface area contributed by atoms with Gasteiger partial charge in [0, 0.05) is 17.3 Å². The molecule has 114 valence electrons. The second kappa shape index (κ2) is 6.62. The van der Waals surface area contributed by atoms with E-state index < -0.39 is 5.91 Å². The van der Waals surface area contributed by atoms with E-state index in [9.17, 15) is 9.59 Å². The number of amides is 2. The Labute approximate surface area is 127 Å². The molecule has 0 saturated heterocycles. The highest BCUT2D eigenvalue weighted by Gasteiger charge is 2.13. The van der Waals surface area contributed by atoms with Crippen LogP contribution >= 0.6 is 0 Å². The molecule has 0 aliphatic carbocycles. The lowest BCUT2D eigenvalue weighted by atomic mass is 10.1. The lowest BCUT2D eigenvalue weighted by molar-refractivity contribution is 0.0998. The van der Waals surface area contributed by atoms with Crippen LogP contribution in [0.25, 0.3) is 0 Å². The first-order valence-electron chi connectivity index (χ1n) is 6.48. The molecule has 6 nitrogen and oxygen atoms in total. The summed E-state index contributed by atoms with van der Waals surface area (Å²) in [5.74, 6) is 0.158. The topological polar surface area (TPSA) is 90.6 Å². The fourth-order valence-corrected chi connectivity index (χ4v) is 1.90. The summed E-state index contributed by atoms with van der Waals surface area (Å²) in [6.07, 6.45) is 0. The van der Waals surface area contributed by atoms with Crippen LogP contribution in [0, 0.1) is 0 Å². The molecule has 0 aliphatic heterocycles. The van der Waals surface area contributed by atoms with E-state index in [1.54, 1.807) is 42.5 Å². The third-order valence-electron chi connectivity index (χ3n) is 3.08. The average molecular weight is 300 g/mol. The average Bonchev–Trinajstić information content (AvgIpc) is 2.54. The predicted molar refractivity (Wildman–Crippen MR) is 82.5 cm³/mol. The van der Waals surface area contributed by atoms with Crippen LogP contribution in [-0.4, -0.2) is 26.0 Å². The summed E-state index contributed by atoms with van der Waals surface area (Å²) in [7, 11) is 3.02. The van der Waals surface area contributed by atoms with Gasteiger partial charge in [-0.3, -0.25) is 9.59 Å². The van der Waals surface area contributed by atoms with Crippen molar-refractivity contribution in [3.63, 3.8) is 0 Å². The highest BCUT2D eigenvalue weighted by atomic mass is 16.5. The van der Waals surface area contributed by atoms with Gasteiger partial charge in [-0.15, -0.1) is 0 Å². The second-order valence-corrected chi connectivity index (χ2v) is 4.46. The van der Waals surface area contributed by atoms with E-state index >= 15 is 0 Å². The number of benzene rings is 2. The van der Waals surface area contributed by atoms with Crippen molar-refractivity contribution in [3.05, 3.63) is 53.6 Å². The fourth-order valence-electron chi connectivity index (χ4n) is 1.90. The maximum atomic E-state index is 12.3. The first-order valence-corrected chi connectivity index (χ1v) is 6.48. The van der Waals surface area contributed by atoms with Crippen LogP contribution in [0.15, 0.2) is 42.5 Å². The minimum atomic E-state index is -0.519. The van der Waals surface area contributed by atoms with Crippen molar-refractivity contribution in [2.24, 2.45) is 5.73 Å². The largest absolute Gasteiger partial charge is 0.497 e. The number of anilines is 1. The molecule has 0 bridgehead atoms. The van der Waals surface area contributed by atoms with Gasteiger partial charge in [0.05, 0.1) is 19.8 Å². The van der Waals surface area contributed by atoms with Gasteiger partial charge in [0.15, 0.2) is 0 Å². The summed E-state index contributed by atoms with van der Waals surface area (Å²) in [6, 6.07) is 11.2. The smallest absolute Gasteiger partial charge is 0.259 e. The van der Waals surface area contributed by atoms with Gasteiger partial charge in [0.2, 0.25) is 5.91 Å². The molecule has 22 heavy (non-hydrogen) atoms. The van der Waals surface area contributed by atoms with Crippen LogP contribution in [0.1, 0.15) is 20.7 Å². The van der Waals surface area contributed by atoms with Crippen molar-refractivity contribution in [1.82, 2.24) is 0 Å². The van der Waals surface area contributed by atoms with Gasteiger partial charge < -0.3 is 20.5 Å². The maximum absolute atomic E-state index is 12.3. The van der Waals surface area contributed by atoms with Crippen molar-refractivity contribution in [3.8, 4) is 11.5 Å². The number of nitrogens with two attached hydrogens (primary N) is 1. The fraction of sp³-hybridized carbons (Fsp3) is 0.125. The molecule has 0 spiro atoms. The third-order valence-corrected chi connectivity index (χ3v) is 3.08. The standard InChI is InChI=1S/C16H16N2O4/c1-21-12-7-8-13(14(9-12)22-2)16(20)18-11-5-3-10(4-6-11)15(17)19/h3-9H,1-2H3,(H2,17,19)(H,18,20). The molecule has 0 aromatic heterocycles. The minimum Gasteiger partial charge on any atom is -0.497 e. The second-order valence-electron chi connectivity index (χ2n) is 4.46. The number of hydrogen-bond donors (Lipinski definition) is 2. The summed E-state index contributed by atoms with van der Waals surface area (Å²) < 4.78 is 10.3. The lowest BCUT2D eigenvalue weighted by Gasteiger charge is -2.11. The molecule has 0 radical (unpaired) electrons. The Morgan fingerprint density at radius 1 is 1.00 bits per heavy atom. The van der Waals surface area contributed by atoms with Gasteiger partial charge in [-0.1, -0.05) is 0 Å². The number of carbonyl (C=O) groups excluding carboxylic acids is 2. The van der Waals surface area contributed by atoms with Crippen molar-refractivity contribution in [2.75, 3.05) is 19.5 Å². The number of rotatable bonds is 5. The SMILES string of the molecule is COc1ccc(C(=O)Nc2ccc(C(N)=O)cc2)c(OC)c1. The predicted octanol–water partition coefficient (Wildman–Crippen LogP) is 2.05. The van der Waals surface area contributed by atoms with Crippen LogP contribution in [0.5, 0.6) is 11.5 Å². The van der Waals surface area contributed by atoms with E-state index in [0.717, 1.165) is 0 Å². The molecule has 3 N–H and O–H groups in total. The highest BCUT2D eigenvalue weighted by molar-refractivity contribution is 6.06. The van der Waals surface area contributed by atoms with Gasteiger partial charge in [-0.2, -0.15) is 0 Å². The van der Waals surface area contributed by atoms with E-state index in [-0.39, 0.29) is 5.91 Å². The maximum Gasteiger partial charge on any atom is 0.259 e. The Kier molecular flexibility index (Phi) is 4.63. The van der Waals surface area contributed by atoms with Crippen LogP contribution in [0.3, 0.4) is 0 Å². The van der Waals surface area contributed by atoms with E-state index in [0.29, 0.717) is 28.3 Å². The summed E-state index contributed by atoms with van der Waals surface area (Å²) in [5, 5.41) is 2.72. The van der Waals surface area contributed by atoms with E-state index in [1.807, 2.05) is 0 Å². The number of ether oxygens (including phenoxy) is 2. The van der Waals surface area contributed by atoms with E-state index in [4.69, 9.17) is 15.2 Å². The molecule has 0 saturated carbocycles. The van der Waals surface area contributed by atoms with Gasteiger partial charge in [0.25, 0.3) is 5.91 Å². The van der Waals surface area contributed by atoms with Crippen LogP contribution < -0.4 is 20.5 Å². The lowest BCUT2D eigenvalue weighted by Crippen LogP contribution is -2.14. The summed E-state index contributed by atoms with van der Waals surface area (Å²) in [6.45, 7) is 0. The molecule has 0 heterocycles. The molecular formula is C16H16N2O4. The zero-order valence-corrected chi connectivity index (χ0v) is 12.3. The van der Waals surface area contributed by atoms with E-state index in [2.05, 4.69) is 5.32 Å². The molecule has 0 aliphatic rings. The number of methoxy groups -OCH3 is 2. The molecule has 2 amide bonds. The Bertz CT molecular complexity index is 696. The first kappa shape index (κ1) is 15.4. The van der Waals surface area contributed by atoms with Gasteiger partial charge in [-0.25, -0.2) is 0 Å². The zero-order valence-electron chi connectivity index (χ0n) is 12.3. The molecule has 2 aromatic carbocycles. The van der Waals surface area contributed by atoms with E-state index in [1.165, 1.54) is 14.2 Å². The Morgan fingerprint density at radius 2 is 1.68 bits per heavy atom. The van der Waals surface area contributed by atoms with Gasteiger partial charge in [-0.05, 0) is 36.4 Å². The Hall–Kier alpha value is -3.02. The van der Waals surface area contributed by atoms with Gasteiger partial charge >= 0.3 is 0 Å². The highest BCUT2D eigenvalue weighted by Crippen LogP contribution is 2.25.